The van der Waals surface area contributed by atoms with Gasteiger partial charge in [0, 0.05) is 17.5 Å². The number of rotatable bonds is 4. The molecule has 0 aliphatic rings. The summed E-state index contributed by atoms with van der Waals surface area (Å²) in [6.07, 6.45) is 3.21. The summed E-state index contributed by atoms with van der Waals surface area (Å²) in [4.78, 5) is 24.5. The van der Waals surface area contributed by atoms with Gasteiger partial charge in [-0.1, -0.05) is 18.2 Å². The third kappa shape index (κ3) is 2.98. The summed E-state index contributed by atoms with van der Waals surface area (Å²) in [5, 5.41) is 12.3. The van der Waals surface area contributed by atoms with Crippen LogP contribution in [0.15, 0.2) is 47.5 Å². The molecule has 0 spiro atoms. The second kappa shape index (κ2) is 6.04. The minimum atomic E-state index is -0.322. The second-order valence-electron chi connectivity index (χ2n) is 5.50. The van der Waals surface area contributed by atoms with Gasteiger partial charge in [-0.05, 0) is 19.9 Å². The van der Waals surface area contributed by atoms with Crippen LogP contribution >= 0.6 is 0 Å². The number of hydrogen-bond acceptors (Lipinski definition) is 4. The van der Waals surface area contributed by atoms with Crippen molar-refractivity contribution in [3.8, 4) is 0 Å². The molecule has 0 aliphatic heterocycles. The van der Waals surface area contributed by atoms with E-state index in [1.165, 1.54) is 0 Å². The van der Waals surface area contributed by atoms with Gasteiger partial charge < -0.3 is 5.32 Å². The van der Waals surface area contributed by atoms with Crippen LogP contribution in [0.5, 0.6) is 0 Å². The molecular weight excluding hydrogens is 294 g/mol. The van der Waals surface area contributed by atoms with Crippen LogP contribution in [0, 0.1) is 0 Å². The van der Waals surface area contributed by atoms with Crippen molar-refractivity contribution in [2.45, 2.75) is 26.4 Å². The summed E-state index contributed by atoms with van der Waals surface area (Å²) in [5.74, 6) is 0.274. The number of nitrogens with zero attached hydrogens (tertiary/aromatic N) is 4. The number of amides is 1. The van der Waals surface area contributed by atoms with Gasteiger partial charge in [-0.25, -0.2) is 9.36 Å². The van der Waals surface area contributed by atoms with Gasteiger partial charge in [-0.3, -0.25) is 9.59 Å². The SMILES string of the molecule is CC(C)n1nccc1NC(=O)Cn1ncc2ccccc2c1=O. The zero-order chi connectivity index (χ0) is 16.4. The third-order valence-corrected chi connectivity index (χ3v) is 3.48. The summed E-state index contributed by atoms with van der Waals surface area (Å²) in [7, 11) is 0. The normalized spacial score (nSPS) is 11.1. The summed E-state index contributed by atoms with van der Waals surface area (Å²) in [5.41, 5.74) is -0.282. The molecule has 0 atom stereocenters. The smallest absolute Gasteiger partial charge is 0.275 e. The number of carbonyl (C=O) groups is 1. The van der Waals surface area contributed by atoms with Gasteiger partial charge in [0.2, 0.25) is 5.91 Å². The van der Waals surface area contributed by atoms with Gasteiger partial charge in [0.05, 0.1) is 17.8 Å². The van der Waals surface area contributed by atoms with E-state index in [1.807, 2.05) is 26.0 Å². The maximum Gasteiger partial charge on any atom is 0.275 e. The van der Waals surface area contributed by atoms with Crippen molar-refractivity contribution in [1.82, 2.24) is 19.6 Å². The van der Waals surface area contributed by atoms with Crippen LogP contribution in [0.2, 0.25) is 0 Å². The van der Waals surface area contributed by atoms with Crippen LogP contribution in [0.3, 0.4) is 0 Å². The van der Waals surface area contributed by atoms with Crippen molar-refractivity contribution < 1.29 is 4.79 Å². The van der Waals surface area contributed by atoms with Gasteiger partial charge in [0.1, 0.15) is 12.4 Å². The van der Waals surface area contributed by atoms with E-state index in [0.29, 0.717) is 11.2 Å². The quantitative estimate of drug-likeness (QED) is 0.796. The highest BCUT2D eigenvalue weighted by Crippen LogP contribution is 2.13. The maximum atomic E-state index is 12.3. The molecule has 23 heavy (non-hydrogen) atoms. The molecule has 0 bridgehead atoms. The Hall–Kier alpha value is -2.96. The van der Waals surface area contributed by atoms with Gasteiger partial charge >= 0.3 is 0 Å². The Morgan fingerprint density at radius 3 is 2.78 bits per heavy atom. The van der Waals surface area contributed by atoms with E-state index in [0.717, 1.165) is 10.1 Å². The predicted molar refractivity (Wildman–Crippen MR) is 87.2 cm³/mol. The number of benzene rings is 1. The Kier molecular flexibility index (Phi) is 3.92. The fourth-order valence-corrected chi connectivity index (χ4v) is 2.38. The molecule has 3 aromatic rings. The fraction of sp³-hybridized carbons (Fsp3) is 0.250. The minimum Gasteiger partial charge on any atom is -0.309 e. The van der Waals surface area contributed by atoms with E-state index in [4.69, 9.17) is 0 Å². The number of nitrogens with one attached hydrogen (secondary N) is 1. The van der Waals surface area contributed by atoms with Crippen LogP contribution < -0.4 is 10.9 Å². The Labute approximate surface area is 132 Å². The molecule has 0 saturated carbocycles. The first-order valence-electron chi connectivity index (χ1n) is 7.34. The van der Waals surface area contributed by atoms with E-state index in [1.54, 1.807) is 35.3 Å². The number of fused-ring (bicyclic) bond motifs is 1. The standard InChI is InChI=1S/C16H17N5O2/c1-11(2)21-14(7-8-17-21)19-15(22)10-20-16(23)13-6-4-3-5-12(13)9-18-20/h3-9,11H,10H2,1-2H3,(H,19,22). The minimum absolute atomic E-state index is 0.127. The molecule has 3 rings (SSSR count). The van der Waals surface area contributed by atoms with Crippen molar-refractivity contribution in [2.75, 3.05) is 5.32 Å². The van der Waals surface area contributed by atoms with Gasteiger partial charge in [0.15, 0.2) is 0 Å². The molecular formula is C16H17N5O2. The van der Waals surface area contributed by atoms with Crippen molar-refractivity contribution >= 4 is 22.5 Å². The average molecular weight is 311 g/mol. The lowest BCUT2D eigenvalue weighted by molar-refractivity contribution is -0.117. The highest BCUT2D eigenvalue weighted by Gasteiger charge is 2.12. The third-order valence-electron chi connectivity index (χ3n) is 3.48. The molecule has 1 amide bonds. The number of anilines is 1. The zero-order valence-electron chi connectivity index (χ0n) is 12.9. The van der Waals surface area contributed by atoms with Crippen LogP contribution in [-0.4, -0.2) is 25.5 Å². The topological polar surface area (TPSA) is 81.8 Å². The highest BCUT2D eigenvalue weighted by molar-refractivity contribution is 5.90. The summed E-state index contributed by atoms with van der Waals surface area (Å²) in [6.45, 7) is 3.79. The molecule has 118 valence electrons. The molecule has 1 N–H and O–H groups in total. The van der Waals surface area contributed by atoms with E-state index in [-0.39, 0.29) is 24.1 Å². The zero-order valence-corrected chi connectivity index (χ0v) is 12.9. The van der Waals surface area contributed by atoms with Crippen molar-refractivity contribution in [3.05, 3.63) is 53.1 Å². The van der Waals surface area contributed by atoms with Crippen LogP contribution in [0.1, 0.15) is 19.9 Å². The monoisotopic (exact) mass is 311 g/mol. The molecule has 0 fully saturated rings. The van der Waals surface area contributed by atoms with E-state index in [2.05, 4.69) is 15.5 Å². The maximum absolute atomic E-state index is 12.3. The lowest BCUT2D eigenvalue weighted by atomic mass is 10.2. The molecule has 0 aliphatic carbocycles. The van der Waals surface area contributed by atoms with E-state index >= 15 is 0 Å². The molecule has 0 unspecified atom stereocenters. The Balaban J connectivity index is 1.82. The average Bonchev–Trinajstić information content (AvgIpc) is 2.98. The van der Waals surface area contributed by atoms with E-state index in [9.17, 15) is 9.59 Å². The predicted octanol–water partition coefficient (Wildman–Crippen LogP) is 1.81. The van der Waals surface area contributed by atoms with E-state index < -0.39 is 0 Å². The largest absolute Gasteiger partial charge is 0.309 e. The molecule has 7 heteroatoms. The lowest BCUT2D eigenvalue weighted by Gasteiger charge is -2.12. The van der Waals surface area contributed by atoms with Gasteiger partial charge in [-0.15, -0.1) is 0 Å². The molecule has 0 radical (unpaired) electrons. The fourth-order valence-electron chi connectivity index (χ4n) is 2.38. The lowest BCUT2D eigenvalue weighted by Crippen LogP contribution is -2.30. The van der Waals surface area contributed by atoms with Crippen molar-refractivity contribution in [1.29, 1.82) is 0 Å². The number of aromatic nitrogens is 4. The van der Waals surface area contributed by atoms with Gasteiger partial charge in [0.25, 0.3) is 5.56 Å². The molecule has 0 saturated heterocycles. The second-order valence-corrected chi connectivity index (χ2v) is 5.50. The molecule has 2 heterocycles. The molecule has 7 nitrogen and oxygen atoms in total. The summed E-state index contributed by atoms with van der Waals surface area (Å²) in [6, 6.07) is 9.01. The number of hydrogen-bond donors (Lipinski definition) is 1. The molecule has 2 aromatic heterocycles. The summed E-state index contributed by atoms with van der Waals surface area (Å²) < 4.78 is 2.86. The highest BCUT2D eigenvalue weighted by atomic mass is 16.2. The Morgan fingerprint density at radius 1 is 1.22 bits per heavy atom. The van der Waals surface area contributed by atoms with Gasteiger partial charge in [-0.2, -0.15) is 10.2 Å². The Morgan fingerprint density at radius 2 is 2.00 bits per heavy atom. The first-order chi connectivity index (χ1) is 11.1. The van der Waals surface area contributed by atoms with Crippen LogP contribution in [0.25, 0.3) is 10.8 Å². The van der Waals surface area contributed by atoms with Crippen LogP contribution in [-0.2, 0) is 11.3 Å². The van der Waals surface area contributed by atoms with Crippen molar-refractivity contribution in [2.24, 2.45) is 0 Å². The van der Waals surface area contributed by atoms with Crippen LogP contribution in [0.4, 0.5) is 5.82 Å². The first kappa shape index (κ1) is 15.0. The Bertz CT molecular complexity index is 910. The van der Waals surface area contributed by atoms with Crippen molar-refractivity contribution in [3.63, 3.8) is 0 Å². The number of carbonyl (C=O) groups excluding carboxylic acids is 1. The molecule has 1 aromatic carbocycles. The summed E-state index contributed by atoms with van der Waals surface area (Å²) >= 11 is 0. The first-order valence-corrected chi connectivity index (χ1v) is 7.34.